The lowest BCUT2D eigenvalue weighted by Gasteiger charge is -1.99. The quantitative estimate of drug-likeness (QED) is 0.729. The summed E-state index contributed by atoms with van der Waals surface area (Å²) < 4.78 is 4.59. The molecule has 0 fully saturated rings. The Bertz CT molecular complexity index is 402. The summed E-state index contributed by atoms with van der Waals surface area (Å²) in [5.41, 5.74) is 1.47. The minimum absolute atomic E-state index is 0.127. The van der Waals surface area contributed by atoms with Crippen molar-refractivity contribution in [2.24, 2.45) is 0 Å². The molecule has 0 amide bonds. The average Bonchev–Trinajstić information content (AvgIpc) is 2.28. The van der Waals surface area contributed by atoms with Gasteiger partial charge in [0, 0.05) is 6.42 Å². The Labute approximate surface area is 94.7 Å². The number of allylic oxidation sites excluding steroid dienone is 1. The molecule has 0 saturated carbocycles. The Morgan fingerprint density at radius 2 is 1.88 bits per heavy atom. The molecule has 0 bridgehead atoms. The Morgan fingerprint density at radius 1 is 1.25 bits per heavy atom. The fourth-order valence-corrected chi connectivity index (χ4v) is 1.21. The molecule has 0 N–H and O–H groups in total. The Kier molecular flexibility index (Phi) is 4.45. The molecule has 1 rings (SSSR count). The first kappa shape index (κ1) is 12.2. The van der Waals surface area contributed by atoms with Crippen molar-refractivity contribution in [3.63, 3.8) is 0 Å². The molecule has 0 atom stereocenters. The maximum atomic E-state index is 11.1. The van der Waals surface area contributed by atoms with E-state index in [0.29, 0.717) is 12.0 Å². The minimum atomic E-state index is -0.348. The number of hydrogen-bond acceptors (Lipinski definition) is 3. The molecule has 0 saturated heterocycles. The summed E-state index contributed by atoms with van der Waals surface area (Å²) in [5.74, 6) is -0.221. The molecule has 0 radical (unpaired) electrons. The number of ether oxygens (including phenoxy) is 1. The molecule has 3 nitrogen and oxygen atoms in total. The fourth-order valence-electron chi connectivity index (χ4n) is 1.21. The van der Waals surface area contributed by atoms with E-state index >= 15 is 0 Å². The van der Waals surface area contributed by atoms with Gasteiger partial charge in [-0.05, 0) is 24.6 Å². The summed E-state index contributed by atoms with van der Waals surface area (Å²) in [5, 5.41) is 0. The number of Topliss-reactive ketones (excluding diaryl/α,β-unsaturated/α-hetero) is 1. The van der Waals surface area contributed by atoms with E-state index < -0.39 is 0 Å². The van der Waals surface area contributed by atoms with E-state index in [1.54, 1.807) is 25.1 Å². The Morgan fingerprint density at radius 3 is 2.38 bits per heavy atom. The van der Waals surface area contributed by atoms with E-state index in [0.717, 1.165) is 5.56 Å². The van der Waals surface area contributed by atoms with Crippen LogP contribution < -0.4 is 0 Å². The van der Waals surface area contributed by atoms with Crippen LogP contribution in [-0.4, -0.2) is 18.9 Å². The van der Waals surface area contributed by atoms with Crippen LogP contribution in [-0.2, 0) is 9.53 Å². The molecular formula is C13H14O3. The van der Waals surface area contributed by atoms with Crippen LogP contribution in [0.25, 0.3) is 6.08 Å². The summed E-state index contributed by atoms with van der Waals surface area (Å²) in [6, 6.07) is 7.00. The Balaban J connectivity index is 2.68. The van der Waals surface area contributed by atoms with Crippen LogP contribution in [0.1, 0.15) is 29.3 Å². The summed E-state index contributed by atoms with van der Waals surface area (Å²) in [4.78, 5) is 21.8. The van der Waals surface area contributed by atoms with Gasteiger partial charge < -0.3 is 4.74 Å². The highest BCUT2D eigenvalue weighted by atomic mass is 16.5. The number of carbonyl (C=O) groups excluding carboxylic acids is 2. The predicted octanol–water partition coefficient (Wildman–Crippen LogP) is 2.47. The predicted molar refractivity (Wildman–Crippen MR) is 62.1 cm³/mol. The summed E-state index contributed by atoms with van der Waals surface area (Å²) in [7, 11) is 1.35. The number of esters is 1. The number of carbonyl (C=O) groups is 2. The van der Waals surface area contributed by atoms with E-state index in [4.69, 9.17) is 0 Å². The van der Waals surface area contributed by atoms with Crippen molar-refractivity contribution in [1.29, 1.82) is 0 Å². The van der Waals surface area contributed by atoms with Crippen molar-refractivity contribution in [2.45, 2.75) is 13.3 Å². The van der Waals surface area contributed by atoms with Crippen molar-refractivity contribution < 1.29 is 14.3 Å². The molecule has 0 aliphatic carbocycles. The Hall–Kier alpha value is -1.90. The smallest absolute Gasteiger partial charge is 0.337 e. The van der Waals surface area contributed by atoms with Gasteiger partial charge >= 0.3 is 5.97 Å². The normalized spacial score (nSPS) is 10.4. The number of methoxy groups -OCH3 is 1. The molecule has 0 unspecified atom stereocenters. The highest BCUT2D eigenvalue weighted by Gasteiger charge is 2.02. The maximum absolute atomic E-state index is 11.1. The molecule has 1 aromatic rings. The minimum Gasteiger partial charge on any atom is -0.465 e. The van der Waals surface area contributed by atoms with Crippen molar-refractivity contribution in [3.05, 3.63) is 41.5 Å². The van der Waals surface area contributed by atoms with Gasteiger partial charge in [0.2, 0.25) is 0 Å². The second-order valence-electron chi connectivity index (χ2n) is 3.42. The van der Waals surface area contributed by atoms with Gasteiger partial charge in [-0.1, -0.05) is 24.3 Å². The molecule has 0 heterocycles. The highest BCUT2D eigenvalue weighted by molar-refractivity contribution is 5.89. The second kappa shape index (κ2) is 5.85. The van der Waals surface area contributed by atoms with Gasteiger partial charge in [0.25, 0.3) is 0 Å². The van der Waals surface area contributed by atoms with E-state index in [2.05, 4.69) is 4.74 Å². The average molecular weight is 218 g/mol. The lowest BCUT2D eigenvalue weighted by molar-refractivity contribution is -0.116. The van der Waals surface area contributed by atoms with E-state index in [1.807, 2.05) is 18.2 Å². The summed E-state index contributed by atoms with van der Waals surface area (Å²) in [6.45, 7) is 1.55. The van der Waals surface area contributed by atoms with Gasteiger partial charge in [-0.25, -0.2) is 4.79 Å². The zero-order chi connectivity index (χ0) is 12.0. The molecule has 0 aliphatic heterocycles. The first-order valence-corrected chi connectivity index (χ1v) is 4.98. The number of ketones is 1. The largest absolute Gasteiger partial charge is 0.465 e. The molecule has 16 heavy (non-hydrogen) atoms. The molecule has 0 spiro atoms. The van der Waals surface area contributed by atoms with E-state index in [-0.39, 0.29) is 11.8 Å². The third-order valence-corrected chi connectivity index (χ3v) is 2.05. The maximum Gasteiger partial charge on any atom is 0.337 e. The number of rotatable bonds is 4. The van der Waals surface area contributed by atoms with Crippen molar-refractivity contribution in [3.8, 4) is 0 Å². The SMILES string of the molecule is COC(=O)c1ccc(/C=C/CC(C)=O)cc1. The zero-order valence-corrected chi connectivity index (χ0v) is 9.40. The van der Waals surface area contributed by atoms with Gasteiger partial charge in [0.05, 0.1) is 12.7 Å². The summed E-state index contributed by atoms with van der Waals surface area (Å²) in [6.07, 6.45) is 4.08. The van der Waals surface area contributed by atoms with Crippen LogP contribution in [0, 0.1) is 0 Å². The van der Waals surface area contributed by atoms with Gasteiger partial charge in [-0.3, -0.25) is 4.79 Å². The molecule has 0 aliphatic rings. The van der Waals surface area contributed by atoms with Crippen LogP contribution in [0.4, 0.5) is 0 Å². The van der Waals surface area contributed by atoms with Gasteiger partial charge in [0.15, 0.2) is 0 Å². The fraction of sp³-hybridized carbons (Fsp3) is 0.231. The van der Waals surface area contributed by atoms with Gasteiger partial charge in [0.1, 0.15) is 5.78 Å². The second-order valence-corrected chi connectivity index (χ2v) is 3.42. The van der Waals surface area contributed by atoms with Crippen molar-refractivity contribution in [1.82, 2.24) is 0 Å². The van der Waals surface area contributed by atoms with Crippen molar-refractivity contribution >= 4 is 17.8 Å². The number of hydrogen-bond donors (Lipinski definition) is 0. The first-order chi connectivity index (χ1) is 7.63. The molecule has 3 heteroatoms. The monoisotopic (exact) mass is 218 g/mol. The van der Waals surface area contributed by atoms with Crippen LogP contribution in [0.15, 0.2) is 30.3 Å². The summed E-state index contributed by atoms with van der Waals surface area (Å²) >= 11 is 0. The van der Waals surface area contributed by atoms with Crippen LogP contribution in [0.3, 0.4) is 0 Å². The van der Waals surface area contributed by atoms with Gasteiger partial charge in [-0.2, -0.15) is 0 Å². The lowest BCUT2D eigenvalue weighted by atomic mass is 10.1. The number of benzene rings is 1. The molecule has 1 aromatic carbocycles. The van der Waals surface area contributed by atoms with Crippen molar-refractivity contribution in [2.75, 3.05) is 7.11 Å². The van der Waals surface area contributed by atoms with Gasteiger partial charge in [-0.15, -0.1) is 0 Å². The first-order valence-electron chi connectivity index (χ1n) is 4.98. The lowest BCUT2D eigenvalue weighted by Crippen LogP contribution is -2.00. The molecule has 84 valence electrons. The standard InChI is InChI=1S/C13H14O3/c1-10(14)4-3-5-11-6-8-12(9-7-11)13(15)16-2/h3,5-9H,4H2,1-2H3/b5-3+. The third-order valence-electron chi connectivity index (χ3n) is 2.05. The zero-order valence-electron chi connectivity index (χ0n) is 9.40. The third kappa shape index (κ3) is 3.69. The van der Waals surface area contributed by atoms with Crippen LogP contribution in [0.5, 0.6) is 0 Å². The van der Waals surface area contributed by atoms with E-state index in [9.17, 15) is 9.59 Å². The van der Waals surface area contributed by atoms with E-state index in [1.165, 1.54) is 7.11 Å². The highest BCUT2D eigenvalue weighted by Crippen LogP contribution is 2.07. The van der Waals surface area contributed by atoms with Crippen LogP contribution >= 0.6 is 0 Å². The van der Waals surface area contributed by atoms with Crippen LogP contribution in [0.2, 0.25) is 0 Å². The topological polar surface area (TPSA) is 43.4 Å². The molecule has 0 aromatic heterocycles. The molecular weight excluding hydrogens is 204 g/mol.